The summed E-state index contributed by atoms with van der Waals surface area (Å²) in [5.74, 6) is 0. The number of piperidine rings is 1. The van der Waals surface area contributed by atoms with Gasteiger partial charge in [-0.1, -0.05) is 40.0 Å². The zero-order valence-corrected chi connectivity index (χ0v) is 12.5. The highest BCUT2D eigenvalue weighted by Gasteiger charge is 2.51. The van der Waals surface area contributed by atoms with Gasteiger partial charge >= 0.3 is 0 Å². The Balaban J connectivity index is 1.90. The van der Waals surface area contributed by atoms with Gasteiger partial charge in [0.1, 0.15) is 0 Å². The zero-order valence-electron chi connectivity index (χ0n) is 12.5. The molecular weight excluding hydrogens is 220 g/mol. The summed E-state index contributed by atoms with van der Waals surface area (Å²) in [4.78, 5) is 5.77. The second-order valence-electron chi connectivity index (χ2n) is 7.68. The molecule has 3 aliphatic rings. The summed E-state index contributed by atoms with van der Waals surface area (Å²) in [7, 11) is 0. The lowest BCUT2D eigenvalue weighted by Gasteiger charge is -2.39. The van der Waals surface area contributed by atoms with E-state index in [9.17, 15) is 0 Å². The molecule has 0 spiro atoms. The van der Waals surface area contributed by atoms with Gasteiger partial charge in [0.25, 0.3) is 0 Å². The third-order valence-electron chi connectivity index (χ3n) is 5.35. The van der Waals surface area contributed by atoms with Gasteiger partial charge in [-0.15, -0.1) is 0 Å². The van der Waals surface area contributed by atoms with E-state index >= 15 is 0 Å². The average molecular weight is 250 g/mol. The second-order valence-corrected chi connectivity index (χ2v) is 7.68. The van der Waals surface area contributed by atoms with E-state index in [4.69, 9.17) is 0 Å². The summed E-state index contributed by atoms with van der Waals surface area (Å²) in [6.45, 7) is 10.1. The quantitative estimate of drug-likeness (QED) is 0.649. The minimum absolute atomic E-state index is 0.430. The van der Waals surface area contributed by atoms with Crippen LogP contribution in [-0.4, -0.2) is 41.1 Å². The zero-order chi connectivity index (χ0) is 12.8. The van der Waals surface area contributed by atoms with Gasteiger partial charge in [-0.25, -0.2) is 0 Å². The highest BCUT2D eigenvalue weighted by Crippen LogP contribution is 2.43. The molecule has 2 nitrogen and oxygen atoms in total. The lowest BCUT2D eigenvalue weighted by molar-refractivity contribution is 0.0877. The molecular formula is C16H30N2. The molecule has 104 valence electrons. The SMILES string of the molecule is CC(C)(C)C1C2CCCCN2C2CCCCCN21. The van der Waals surface area contributed by atoms with Gasteiger partial charge in [-0.05, 0) is 37.6 Å². The second kappa shape index (κ2) is 4.79. The summed E-state index contributed by atoms with van der Waals surface area (Å²) in [6.07, 6.45) is 10.8. The molecule has 3 atom stereocenters. The predicted molar refractivity (Wildman–Crippen MR) is 76.6 cm³/mol. The van der Waals surface area contributed by atoms with Crippen molar-refractivity contribution in [3.8, 4) is 0 Å². The molecule has 3 heterocycles. The third kappa shape index (κ3) is 2.12. The van der Waals surface area contributed by atoms with Crippen molar-refractivity contribution in [3.05, 3.63) is 0 Å². The predicted octanol–water partition coefficient (Wildman–Crippen LogP) is 3.47. The highest BCUT2D eigenvalue weighted by atomic mass is 15.5. The number of hydrogen-bond donors (Lipinski definition) is 0. The van der Waals surface area contributed by atoms with Crippen LogP contribution in [0.5, 0.6) is 0 Å². The molecule has 0 aromatic rings. The Morgan fingerprint density at radius 1 is 0.778 bits per heavy atom. The first kappa shape index (κ1) is 12.9. The van der Waals surface area contributed by atoms with Crippen molar-refractivity contribution in [2.45, 2.75) is 84.0 Å². The molecule has 0 N–H and O–H groups in total. The molecule has 0 radical (unpaired) electrons. The largest absolute Gasteiger partial charge is 0.283 e. The number of hydrogen-bond acceptors (Lipinski definition) is 2. The van der Waals surface area contributed by atoms with Crippen LogP contribution < -0.4 is 0 Å². The van der Waals surface area contributed by atoms with E-state index in [0.29, 0.717) is 5.41 Å². The average Bonchev–Trinajstić information content (AvgIpc) is 2.47. The van der Waals surface area contributed by atoms with E-state index in [2.05, 4.69) is 30.6 Å². The molecule has 3 fully saturated rings. The van der Waals surface area contributed by atoms with Crippen LogP contribution in [0.1, 0.15) is 65.7 Å². The smallest absolute Gasteiger partial charge is 0.0628 e. The lowest BCUT2D eigenvalue weighted by Crippen LogP contribution is -2.47. The van der Waals surface area contributed by atoms with Gasteiger partial charge < -0.3 is 0 Å². The number of fused-ring (bicyclic) bond motifs is 3. The van der Waals surface area contributed by atoms with Crippen molar-refractivity contribution in [1.29, 1.82) is 0 Å². The first-order chi connectivity index (χ1) is 8.59. The fourth-order valence-electron chi connectivity index (χ4n) is 4.78. The molecule has 0 bridgehead atoms. The first-order valence-corrected chi connectivity index (χ1v) is 8.10. The Labute approximate surface area is 113 Å². The van der Waals surface area contributed by atoms with Crippen molar-refractivity contribution in [3.63, 3.8) is 0 Å². The van der Waals surface area contributed by atoms with Crippen molar-refractivity contribution in [1.82, 2.24) is 9.80 Å². The Morgan fingerprint density at radius 3 is 2.22 bits per heavy atom. The minimum Gasteiger partial charge on any atom is -0.283 e. The van der Waals surface area contributed by atoms with Crippen molar-refractivity contribution >= 4 is 0 Å². The standard InChI is InChI=1S/C16H30N2/c1-16(2,3)15-13-9-6-8-11-17(13)14-10-5-4-7-12-18(14)15/h13-15H,4-12H2,1-3H3. The van der Waals surface area contributed by atoms with Crippen LogP contribution in [-0.2, 0) is 0 Å². The molecule has 3 unspecified atom stereocenters. The summed E-state index contributed by atoms with van der Waals surface area (Å²) < 4.78 is 0. The minimum atomic E-state index is 0.430. The topological polar surface area (TPSA) is 6.48 Å². The summed E-state index contributed by atoms with van der Waals surface area (Å²) in [5, 5.41) is 0. The molecule has 3 rings (SSSR count). The van der Waals surface area contributed by atoms with Gasteiger partial charge in [-0.2, -0.15) is 0 Å². The Hall–Kier alpha value is -0.0800. The molecule has 3 aliphatic heterocycles. The Bertz CT molecular complexity index is 294. The Kier molecular flexibility index (Phi) is 3.44. The molecule has 0 saturated carbocycles. The molecule has 3 saturated heterocycles. The van der Waals surface area contributed by atoms with Crippen LogP contribution in [0.2, 0.25) is 0 Å². The first-order valence-electron chi connectivity index (χ1n) is 8.10. The van der Waals surface area contributed by atoms with Gasteiger partial charge in [0.05, 0.1) is 6.17 Å². The van der Waals surface area contributed by atoms with Crippen molar-refractivity contribution < 1.29 is 0 Å². The maximum Gasteiger partial charge on any atom is 0.0628 e. The van der Waals surface area contributed by atoms with Crippen LogP contribution >= 0.6 is 0 Å². The van der Waals surface area contributed by atoms with Gasteiger partial charge in [0, 0.05) is 18.6 Å². The van der Waals surface area contributed by atoms with E-state index in [1.807, 2.05) is 0 Å². The van der Waals surface area contributed by atoms with Crippen LogP contribution in [0.4, 0.5) is 0 Å². The summed E-state index contributed by atoms with van der Waals surface area (Å²) in [5.41, 5.74) is 0.430. The van der Waals surface area contributed by atoms with E-state index in [0.717, 1.165) is 18.2 Å². The maximum atomic E-state index is 2.89. The maximum absolute atomic E-state index is 2.89. The Morgan fingerprint density at radius 2 is 1.44 bits per heavy atom. The molecule has 18 heavy (non-hydrogen) atoms. The summed E-state index contributed by atoms with van der Waals surface area (Å²) >= 11 is 0. The molecule has 0 aliphatic carbocycles. The molecule has 0 amide bonds. The van der Waals surface area contributed by atoms with E-state index in [1.165, 1.54) is 58.0 Å². The molecule has 0 aromatic carbocycles. The number of rotatable bonds is 0. The van der Waals surface area contributed by atoms with Crippen LogP contribution in [0, 0.1) is 5.41 Å². The van der Waals surface area contributed by atoms with Gasteiger partial charge in [0.2, 0.25) is 0 Å². The van der Waals surface area contributed by atoms with Crippen LogP contribution in [0.15, 0.2) is 0 Å². The van der Waals surface area contributed by atoms with E-state index < -0.39 is 0 Å². The fraction of sp³-hybridized carbons (Fsp3) is 1.00. The van der Waals surface area contributed by atoms with Crippen LogP contribution in [0.3, 0.4) is 0 Å². The molecule has 2 heteroatoms. The monoisotopic (exact) mass is 250 g/mol. The van der Waals surface area contributed by atoms with Crippen LogP contribution in [0.25, 0.3) is 0 Å². The third-order valence-corrected chi connectivity index (χ3v) is 5.35. The lowest BCUT2D eigenvalue weighted by atomic mass is 9.79. The normalized spacial score (nSPS) is 39.2. The summed E-state index contributed by atoms with van der Waals surface area (Å²) in [6, 6.07) is 1.64. The molecule has 0 aromatic heterocycles. The van der Waals surface area contributed by atoms with E-state index in [-0.39, 0.29) is 0 Å². The van der Waals surface area contributed by atoms with Crippen molar-refractivity contribution in [2.24, 2.45) is 5.41 Å². The van der Waals surface area contributed by atoms with Gasteiger partial charge in [0.15, 0.2) is 0 Å². The fourth-order valence-corrected chi connectivity index (χ4v) is 4.78. The number of nitrogens with zero attached hydrogens (tertiary/aromatic N) is 2. The van der Waals surface area contributed by atoms with Gasteiger partial charge in [-0.3, -0.25) is 9.80 Å². The highest BCUT2D eigenvalue weighted by molar-refractivity contribution is 5.04. The van der Waals surface area contributed by atoms with Crippen molar-refractivity contribution in [2.75, 3.05) is 13.1 Å². The van der Waals surface area contributed by atoms with E-state index in [1.54, 1.807) is 0 Å².